The van der Waals surface area contributed by atoms with E-state index >= 15 is 0 Å². The predicted molar refractivity (Wildman–Crippen MR) is 191 cm³/mol. The molecular formula is C44H58O4. The maximum atomic E-state index is 13.2. The minimum atomic E-state index is -0.188. The number of benzene rings is 2. The Labute approximate surface area is 289 Å². The van der Waals surface area contributed by atoms with E-state index in [1.807, 2.05) is 60.7 Å². The SMILES string of the molecule is C[C@H]1[C@H](C)CC[C@]2(COC(=O)c3ccccc3)CC[C@]3(C)C(=CC[C@H]4[C@@]5(C)CC[C@H](OC(=O)c6ccccc6)C(C)(C)[C@H]5CC[C@]43C)[C@@H]12. The second-order valence-electron chi connectivity index (χ2n) is 18.1. The molecule has 7 rings (SSSR count). The second-order valence-corrected chi connectivity index (χ2v) is 18.1. The molecule has 4 heteroatoms. The van der Waals surface area contributed by atoms with E-state index in [0.29, 0.717) is 47.3 Å². The molecule has 4 saturated carbocycles. The molecule has 0 radical (unpaired) electrons. The van der Waals surface area contributed by atoms with Gasteiger partial charge in [-0.2, -0.15) is 0 Å². The molecule has 0 aliphatic heterocycles. The highest BCUT2D eigenvalue weighted by atomic mass is 16.5. The summed E-state index contributed by atoms with van der Waals surface area (Å²) >= 11 is 0. The maximum Gasteiger partial charge on any atom is 0.338 e. The third kappa shape index (κ3) is 4.97. The monoisotopic (exact) mass is 650 g/mol. The summed E-state index contributed by atoms with van der Waals surface area (Å²) in [5.74, 6) is 2.36. The molecule has 0 saturated heterocycles. The molecule has 0 amide bonds. The number of hydrogen-bond acceptors (Lipinski definition) is 4. The van der Waals surface area contributed by atoms with Crippen molar-refractivity contribution in [3.8, 4) is 0 Å². The molecule has 0 aromatic heterocycles. The van der Waals surface area contributed by atoms with Crippen molar-refractivity contribution in [3.05, 3.63) is 83.4 Å². The van der Waals surface area contributed by atoms with Gasteiger partial charge in [-0.15, -0.1) is 0 Å². The lowest BCUT2D eigenvalue weighted by atomic mass is 9.33. The van der Waals surface area contributed by atoms with Crippen molar-refractivity contribution in [3.63, 3.8) is 0 Å². The first-order chi connectivity index (χ1) is 22.8. The van der Waals surface area contributed by atoms with Crippen LogP contribution in [0.3, 0.4) is 0 Å². The molecule has 4 fully saturated rings. The molecule has 0 bridgehead atoms. The molecule has 0 heterocycles. The van der Waals surface area contributed by atoms with Crippen LogP contribution in [0.15, 0.2) is 72.3 Å². The molecule has 2 aromatic rings. The van der Waals surface area contributed by atoms with Gasteiger partial charge in [-0.1, -0.05) is 96.5 Å². The van der Waals surface area contributed by atoms with E-state index in [1.165, 1.54) is 19.3 Å². The van der Waals surface area contributed by atoms with Gasteiger partial charge in [0.2, 0.25) is 0 Å². The summed E-state index contributed by atoms with van der Waals surface area (Å²) in [6.07, 6.45) is 12.8. The Hall–Kier alpha value is -2.88. The van der Waals surface area contributed by atoms with E-state index in [2.05, 4.69) is 54.5 Å². The number of ether oxygens (including phenoxy) is 2. The standard InChI is InChI=1S/C44H58O4/c1-29-20-25-44(28-47-38(45)31-14-10-8-11-15-31)27-26-42(6)33(37(44)30(29)2)18-19-35-41(5)23-22-36(48-39(46)32-16-12-9-13-17-32)40(3,4)34(41)21-24-43(35,42)7/h8-18,29-30,34-37H,19-28H2,1-7H3/t29-,30+,34-,35+,36+,37-,41+,42-,43-,44-/m1/s1. The minimum Gasteiger partial charge on any atom is -0.461 e. The van der Waals surface area contributed by atoms with Crippen LogP contribution in [-0.2, 0) is 9.47 Å². The summed E-state index contributed by atoms with van der Waals surface area (Å²) < 4.78 is 12.6. The van der Waals surface area contributed by atoms with Gasteiger partial charge < -0.3 is 9.47 Å². The quantitative estimate of drug-likeness (QED) is 0.239. The van der Waals surface area contributed by atoms with Crippen molar-refractivity contribution in [2.45, 2.75) is 112 Å². The zero-order chi connectivity index (χ0) is 34.1. The summed E-state index contributed by atoms with van der Waals surface area (Å²) in [5, 5.41) is 0. The second kappa shape index (κ2) is 11.9. The summed E-state index contributed by atoms with van der Waals surface area (Å²) in [7, 11) is 0. The van der Waals surface area contributed by atoms with Gasteiger partial charge in [0.1, 0.15) is 6.10 Å². The van der Waals surface area contributed by atoms with Crippen molar-refractivity contribution in [2.75, 3.05) is 6.61 Å². The number of rotatable bonds is 5. The van der Waals surface area contributed by atoms with Crippen molar-refractivity contribution < 1.29 is 19.1 Å². The van der Waals surface area contributed by atoms with E-state index < -0.39 is 0 Å². The fraction of sp³-hybridized carbons (Fsp3) is 0.636. The van der Waals surface area contributed by atoms with Crippen LogP contribution in [-0.4, -0.2) is 24.6 Å². The maximum absolute atomic E-state index is 13.2. The van der Waals surface area contributed by atoms with Gasteiger partial charge in [-0.25, -0.2) is 9.59 Å². The lowest BCUT2D eigenvalue weighted by molar-refractivity contribution is -0.206. The van der Waals surface area contributed by atoms with Crippen LogP contribution in [0, 0.1) is 56.7 Å². The van der Waals surface area contributed by atoms with E-state index in [9.17, 15) is 9.59 Å². The fourth-order valence-corrected chi connectivity index (χ4v) is 12.7. The predicted octanol–water partition coefficient (Wildman–Crippen LogP) is 10.7. The Morgan fingerprint density at radius 3 is 2.04 bits per heavy atom. The van der Waals surface area contributed by atoms with Crippen molar-refractivity contribution in [1.29, 1.82) is 0 Å². The Morgan fingerprint density at radius 1 is 0.729 bits per heavy atom. The molecule has 0 spiro atoms. The summed E-state index contributed by atoms with van der Waals surface area (Å²) in [4.78, 5) is 26.4. The third-order valence-electron chi connectivity index (χ3n) is 15.9. The lowest BCUT2D eigenvalue weighted by Crippen LogP contribution is -2.65. The molecule has 48 heavy (non-hydrogen) atoms. The number of allylic oxidation sites excluding steroid dienone is 2. The minimum absolute atomic E-state index is 0.00862. The topological polar surface area (TPSA) is 52.6 Å². The van der Waals surface area contributed by atoms with Crippen molar-refractivity contribution in [2.24, 2.45) is 56.7 Å². The van der Waals surface area contributed by atoms with Gasteiger partial charge in [0, 0.05) is 10.8 Å². The summed E-state index contributed by atoms with van der Waals surface area (Å²) in [6, 6.07) is 19.0. The first kappa shape index (κ1) is 33.6. The molecule has 5 aliphatic rings. The first-order valence-electron chi connectivity index (χ1n) is 19.0. The zero-order valence-electron chi connectivity index (χ0n) is 30.5. The normalized spacial score (nSPS) is 41.4. The zero-order valence-corrected chi connectivity index (χ0v) is 30.5. The van der Waals surface area contributed by atoms with E-state index in [4.69, 9.17) is 9.47 Å². The van der Waals surface area contributed by atoms with Crippen LogP contribution in [0.4, 0.5) is 0 Å². The van der Waals surface area contributed by atoms with Gasteiger partial charge in [0.15, 0.2) is 0 Å². The summed E-state index contributed by atoms with van der Waals surface area (Å²) in [6.45, 7) is 18.1. The molecule has 4 nitrogen and oxygen atoms in total. The van der Waals surface area contributed by atoms with Crippen LogP contribution in [0.5, 0.6) is 0 Å². The van der Waals surface area contributed by atoms with Gasteiger partial charge in [-0.05, 0) is 128 Å². The molecule has 5 aliphatic carbocycles. The van der Waals surface area contributed by atoms with Crippen molar-refractivity contribution in [1.82, 2.24) is 0 Å². The van der Waals surface area contributed by atoms with Gasteiger partial charge in [0.25, 0.3) is 0 Å². The Balaban J connectivity index is 1.17. The Bertz CT molecular complexity index is 1560. The van der Waals surface area contributed by atoms with E-state index in [0.717, 1.165) is 38.5 Å². The largest absolute Gasteiger partial charge is 0.461 e. The lowest BCUT2D eigenvalue weighted by Gasteiger charge is -2.71. The van der Waals surface area contributed by atoms with Crippen LogP contribution >= 0.6 is 0 Å². The Kier molecular flexibility index (Phi) is 8.31. The van der Waals surface area contributed by atoms with Crippen molar-refractivity contribution >= 4 is 11.9 Å². The van der Waals surface area contributed by atoms with Crippen LogP contribution < -0.4 is 0 Å². The molecule has 0 N–H and O–H groups in total. The molecule has 2 aromatic carbocycles. The molecule has 258 valence electrons. The Morgan fingerprint density at radius 2 is 1.38 bits per heavy atom. The highest BCUT2D eigenvalue weighted by molar-refractivity contribution is 5.89. The highest BCUT2D eigenvalue weighted by Crippen LogP contribution is 2.76. The van der Waals surface area contributed by atoms with Gasteiger partial charge in [0.05, 0.1) is 17.7 Å². The van der Waals surface area contributed by atoms with Gasteiger partial charge in [-0.3, -0.25) is 0 Å². The number of esters is 2. The third-order valence-corrected chi connectivity index (χ3v) is 15.9. The number of carbonyl (C=O) groups excluding carboxylic acids is 2. The number of carbonyl (C=O) groups is 2. The van der Waals surface area contributed by atoms with Gasteiger partial charge >= 0.3 is 11.9 Å². The average Bonchev–Trinajstić information content (AvgIpc) is 3.08. The van der Waals surface area contributed by atoms with Crippen LogP contribution in [0.1, 0.15) is 127 Å². The molecule has 10 atom stereocenters. The molecule has 0 unspecified atom stereocenters. The van der Waals surface area contributed by atoms with Crippen LogP contribution in [0.25, 0.3) is 0 Å². The summed E-state index contributed by atoms with van der Waals surface area (Å²) in [5.41, 5.74) is 3.39. The fourth-order valence-electron chi connectivity index (χ4n) is 12.7. The smallest absolute Gasteiger partial charge is 0.338 e. The molecular weight excluding hydrogens is 592 g/mol. The first-order valence-corrected chi connectivity index (χ1v) is 19.0. The average molecular weight is 651 g/mol. The number of fused-ring (bicyclic) bond motifs is 7. The number of hydrogen-bond donors (Lipinski definition) is 0. The van der Waals surface area contributed by atoms with Crippen LogP contribution in [0.2, 0.25) is 0 Å². The van der Waals surface area contributed by atoms with E-state index in [1.54, 1.807) is 5.57 Å². The highest BCUT2D eigenvalue weighted by Gasteiger charge is 2.69. The van der Waals surface area contributed by atoms with E-state index in [-0.39, 0.29) is 45.1 Å².